The summed E-state index contributed by atoms with van der Waals surface area (Å²) in [6.07, 6.45) is 3.91. The van der Waals surface area contributed by atoms with Crippen molar-refractivity contribution < 1.29 is 14.3 Å². The Bertz CT molecular complexity index is 589. The van der Waals surface area contributed by atoms with Crippen molar-refractivity contribution in [1.29, 1.82) is 0 Å². The molecule has 0 aliphatic carbocycles. The van der Waals surface area contributed by atoms with E-state index in [-0.39, 0.29) is 18.1 Å². The summed E-state index contributed by atoms with van der Waals surface area (Å²) in [6, 6.07) is 6.02. The van der Waals surface area contributed by atoms with Crippen molar-refractivity contribution in [1.82, 2.24) is 9.80 Å². The maximum absolute atomic E-state index is 12.3. The van der Waals surface area contributed by atoms with Crippen molar-refractivity contribution >= 4 is 17.7 Å². The highest BCUT2D eigenvalue weighted by atomic mass is 32.2. The molecule has 1 atom stereocenters. The molecule has 4 rings (SSSR count). The summed E-state index contributed by atoms with van der Waals surface area (Å²) in [5.41, 5.74) is 1.13. The molecule has 5 nitrogen and oxygen atoms in total. The fourth-order valence-corrected chi connectivity index (χ4v) is 4.68. The predicted octanol–water partition coefficient (Wildman–Crippen LogP) is 2.48. The number of hydrogen-bond donors (Lipinski definition) is 0. The first kappa shape index (κ1) is 15.1. The zero-order valence-electron chi connectivity index (χ0n) is 13.2. The molecule has 124 valence electrons. The minimum atomic E-state index is 0.0989. The highest BCUT2D eigenvalue weighted by Gasteiger charge is 2.33. The van der Waals surface area contributed by atoms with Crippen LogP contribution in [0.2, 0.25) is 0 Å². The Morgan fingerprint density at radius 1 is 1.09 bits per heavy atom. The molecule has 0 bridgehead atoms. The number of carbonyl (C=O) groups excluding carboxylic acids is 1. The van der Waals surface area contributed by atoms with Gasteiger partial charge in [-0.2, -0.15) is 0 Å². The van der Waals surface area contributed by atoms with Gasteiger partial charge in [0.15, 0.2) is 11.5 Å². The molecule has 3 aliphatic rings. The standard InChI is InChI=1S/C17H22N2O3S/c20-16-11-23-17(13-4-5-14-15(10-13)22-12-21-14)19(16)9-8-18-6-2-1-3-7-18/h4-5,10,17H,1-3,6-9,11-12H2. The normalized spacial score (nSPS) is 24.4. The number of carbonyl (C=O) groups is 1. The molecule has 0 radical (unpaired) electrons. The van der Waals surface area contributed by atoms with E-state index in [1.807, 2.05) is 17.0 Å². The van der Waals surface area contributed by atoms with Crippen molar-refractivity contribution in [2.75, 3.05) is 38.7 Å². The molecule has 3 aliphatic heterocycles. The van der Waals surface area contributed by atoms with Crippen LogP contribution in [0, 0.1) is 0 Å². The third kappa shape index (κ3) is 3.15. The molecule has 6 heteroatoms. The van der Waals surface area contributed by atoms with Crippen LogP contribution in [0.3, 0.4) is 0 Å². The van der Waals surface area contributed by atoms with Crippen LogP contribution in [0.4, 0.5) is 0 Å². The van der Waals surface area contributed by atoms with E-state index >= 15 is 0 Å². The van der Waals surface area contributed by atoms with Crippen LogP contribution in [0.25, 0.3) is 0 Å². The van der Waals surface area contributed by atoms with E-state index in [0.717, 1.165) is 30.2 Å². The lowest BCUT2D eigenvalue weighted by Gasteiger charge is -2.30. The maximum Gasteiger partial charge on any atom is 0.233 e. The van der Waals surface area contributed by atoms with E-state index in [9.17, 15) is 4.79 Å². The third-order valence-corrected chi connectivity index (χ3v) is 6.01. The summed E-state index contributed by atoms with van der Waals surface area (Å²) >= 11 is 1.71. The van der Waals surface area contributed by atoms with Gasteiger partial charge in [0.2, 0.25) is 12.7 Å². The lowest BCUT2D eigenvalue weighted by molar-refractivity contribution is -0.128. The second-order valence-electron chi connectivity index (χ2n) is 6.27. The number of nitrogens with zero attached hydrogens (tertiary/aromatic N) is 2. The molecule has 0 saturated carbocycles. The second-order valence-corrected chi connectivity index (χ2v) is 7.33. The van der Waals surface area contributed by atoms with E-state index in [2.05, 4.69) is 11.0 Å². The molecule has 0 spiro atoms. The van der Waals surface area contributed by atoms with Gasteiger partial charge in [-0.05, 0) is 43.6 Å². The molecule has 2 saturated heterocycles. The van der Waals surface area contributed by atoms with Gasteiger partial charge in [0.25, 0.3) is 0 Å². The van der Waals surface area contributed by atoms with Gasteiger partial charge in [-0.25, -0.2) is 0 Å². The Kier molecular flexibility index (Phi) is 4.35. The summed E-state index contributed by atoms with van der Waals surface area (Å²) in [6.45, 7) is 4.42. The van der Waals surface area contributed by atoms with E-state index < -0.39 is 0 Å². The fourth-order valence-electron chi connectivity index (χ4n) is 3.47. The van der Waals surface area contributed by atoms with Gasteiger partial charge >= 0.3 is 0 Å². The molecule has 2 fully saturated rings. The van der Waals surface area contributed by atoms with Crippen LogP contribution in [0.15, 0.2) is 18.2 Å². The molecule has 1 aromatic rings. The number of hydrogen-bond acceptors (Lipinski definition) is 5. The zero-order valence-corrected chi connectivity index (χ0v) is 14.0. The molecule has 1 unspecified atom stereocenters. The molecule has 3 heterocycles. The lowest BCUT2D eigenvalue weighted by atomic mass is 10.1. The highest BCUT2D eigenvalue weighted by molar-refractivity contribution is 8.00. The molecule has 0 N–H and O–H groups in total. The number of likely N-dealkylation sites (tertiary alicyclic amines) is 1. The highest BCUT2D eigenvalue weighted by Crippen LogP contribution is 2.42. The van der Waals surface area contributed by atoms with Crippen LogP contribution < -0.4 is 9.47 Å². The van der Waals surface area contributed by atoms with Gasteiger partial charge in [-0.15, -0.1) is 11.8 Å². The number of piperidine rings is 1. The van der Waals surface area contributed by atoms with E-state index in [4.69, 9.17) is 9.47 Å². The Labute approximate surface area is 140 Å². The largest absolute Gasteiger partial charge is 0.454 e. The summed E-state index contributed by atoms with van der Waals surface area (Å²) < 4.78 is 10.8. The van der Waals surface area contributed by atoms with Crippen LogP contribution >= 0.6 is 11.8 Å². The molecular formula is C17H22N2O3S. The van der Waals surface area contributed by atoms with Crippen LogP contribution in [-0.2, 0) is 4.79 Å². The smallest absolute Gasteiger partial charge is 0.233 e. The van der Waals surface area contributed by atoms with Gasteiger partial charge in [0.05, 0.1) is 5.75 Å². The SMILES string of the molecule is O=C1CSC(c2ccc3c(c2)OCO3)N1CCN1CCCCC1. The van der Waals surface area contributed by atoms with Crippen molar-refractivity contribution in [3.63, 3.8) is 0 Å². The maximum atomic E-state index is 12.3. The number of rotatable bonds is 4. The molecular weight excluding hydrogens is 312 g/mol. The van der Waals surface area contributed by atoms with Crippen LogP contribution in [-0.4, -0.2) is 54.4 Å². The van der Waals surface area contributed by atoms with Gasteiger partial charge in [0.1, 0.15) is 5.37 Å². The van der Waals surface area contributed by atoms with E-state index in [0.29, 0.717) is 5.75 Å². The number of thioether (sulfide) groups is 1. The van der Waals surface area contributed by atoms with Gasteiger partial charge in [-0.1, -0.05) is 12.5 Å². The van der Waals surface area contributed by atoms with Crippen LogP contribution in [0.1, 0.15) is 30.2 Å². The average molecular weight is 334 g/mol. The Hall–Kier alpha value is -1.40. The first-order chi connectivity index (χ1) is 11.3. The van der Waals surface area contributed by atoms with Crippen molar-refractivity contribution in [3.8, 4) is 11.5 Å². The first-order valence-electron chi connectivity index (χ1n) is 8.34. The van der Waals surface area contributed by atoms with E-state index in [1.165, 1.54) is 32.4 Å². The first-order valence-corrected chi connectivity index (χ1v) is 9.39. The molecule has 1 aromatic carbocycles. The van der Waals surface area contributed by atoms with Crippen molar-refractivity contribution in [2.45, 2.75) is 24.6 Å². The summed E-state index contributed by atoms with van der Waals surface area (Å²) in [4.78, 5) is 16.8. The van der Waals surface area contributed by atoms with Crippen LogP contribution in [0.5, 0.6) is 11.5 Å². The number of amides is 1. The molecule has 0 aromatic heterocycles. The Morgan fingerprint density at radius 2 is 1.91 bits per heavy atom. The monoisotopic (exact) mass is 334 g/mol. The van der Waals surface area contributed by atoms with Crippen molar-refractivity contribution in [3.05, 3.63) is 23.8 Å². The lowest BCUT2D eigenvalue weighted by Crippen LogP contribution is -2.39. The molecule has 1 amide bonds. The topological polar surface area (TPSA) is 42.0 Å². The Morgan fingerprint density at radius 3 is 2.78 bits per heavy atom. The van der Waals surface area contributed by atoms with E-state index in [1.54, 1.807) is 11.8 Å². The number of fused-ring (bicyclic) bond motifs is 1. The number of ether oxygens (including phenoxy) is 2. The minimum Gasteiger partial charge on any atom is -0.454 e. The fraction of sp³-hybridized carbons (Fsp3) is 0.588. The van der Waals surface area contributed by atoms with Gasteiger partial charge in [-0.3, -0.25) is 4.79 Å². The average Bonchev–Trinajstić information content (AvgIpc) is 3.19. The predicted molar refractivity (Wildman–Crippen MR) is 89.8 cm³/mol. The summed E-state index contributed by atoms with van der Waals surface area (Å²) in [5, 5.41) is 0.0989. The second kappa shape index (κ2) is 6.61. The summed E-state index contributed by atoms with van der Waals surface area (Å²) in [5.74, 6) is 2.40. The number of benzene rings is 1. The van der Waals surface area contributed by atoms with Crippen molar-refractivity contribution in [2.24, 2.45) is 0 Å². The Balaban J connectivity index is 1.45. The van der Waals surface area contributed by atoms with Gasteiger partial charge < -0.3 is 19.3 Å². The zero-order chi connectivity index (χ0) is 15.6. The minimum absolute atomic E-state index is 0.0989. The van der Waals surface area contributed by atoms with Gasteiger partial charge in [0, 0.05) is 13.1 Å². The summed E-state index contributed by atoms with van der Waals surface area (Å²) in [7, 11) is 0. The quantitative estimate of drug-likeness (QED) is 0.846. The third-order valence-electron chi connectivity index (χ3n) is 4.76. The molecule has 23 heavy (non-hydrogen) atoms.